The predicted molar refractivity (Wildman–Crippen MR) is 75.5 cm³/mol. The fourth-order valence-corrected chi connectivity index (χ4v) is 2.02. The molecule has 0 saturated carbocycles. The number of nitrogens with one attached hydrogen (secondary N) is 1. The van der Waals surface area contributed by atoms with E-state index in [2.05, 4.69) is 26.5 Å². The minimum absolute atomic E-state index is 0.0741. The largest absolute Gasteiger partial charge is 0.454 e. The number of carbonyl (C=O) groups is 1. The van der Waals surface area contributed by atoms with Crippen molar-refractivity contribution < 1.29 is 14.3 Å². The van der Waals surface area contributed by atoms with Gasteiger partial charge in [-0.05, 0) is 34.5 Å². The lowest BCUT2D eigenvalue weighted by Gasteiger charge is -2.02. The van der Waals surface area contributed by atoms with Gasteiger partial charge >= 0.3 is 0 Å². The Morgan fingerprint density at radius 1 is 1.47 bits per heavy atom. The summed E-state index contributed by atoms with van der Waals surface area (Å²) in [5.74, 6) is 1.31. The van der Waals surface area contributed by atoms with Crippen LogP contribution in [0.5, 0.6) is 11.5 Å². The number of benzene rings is 1. The lowest BCUT2D eigenvalue weighted by molar-refractivity contribution is -0.121. The monoisotopic (exact) mass is 326 g/mol. The summed E-state index contributed by atoms with van der Waals surface area (Å²) in [4.78, 5) is 11.4. The molecule has 1 N–H and O–H groups in total. The van der Waals surface area contributed by atoms with Crippen LogP contribution in [0.4, 0.5) is 0 Å². The number of hydrazone groups is 1. The van der Waals surface area contributed by atoms with Gasteiger partial charge in [0.15, 0.2) is 11.5 Å². The molecule has 102 valence electrons. The van der Waals surface area contributed by atoms with Crippen LogP contribution in [0, 0.1) is 0 Å². The molecule has 1 aliphatic rings. The molecule has 1 aliphatic heterocycles. The summed E-state index contributed by atoms with van der Waals surface area (Å²) in [6, 6.07) is 3.64. The summed E-state index contributed by atoms with van der Waals surface area (Å²) in [7, 11) is 0. The van der Waals surface area contributed by atoms with Crippen LogP contribution >= 0.6 is 15.9 Å². The molecule has 0 aromatic heterocycles. The van der Waals surface area contributed by atoms with Crippen LogP contribution in [0.2, 0.25) is 0 Å². The molecular weight excluding hydrogens is 312 g/mol. The third-order valence-corrected chi connectivity index (χ3v) is 3.33. The van der Waals surface area contributed by atoms with Gasteiger partial charge in [-0.25, -0.2) is 5.43 Å². The highest BCUT2D eigenvalue weighted by Crippen LogP contribution is 2.36. The van der Waals surface area contributed by atoms with Gasteiger partial charge in [0.25, 0.3) is 0 Å². The van der Waals surface area contributed by atoms with Crippen LogP contribution in [0.25, 0.3) is 0 Å². The second-order valence-electron chi connectivity index (χ2n) is 4.12. The van der Waals surface area contributed by atoms with Crippen molar-refractivity contribution in [2.24, 2.45) is 5.10 Å². The first-order valence-corrected chi connectivity index (χ1v) is 6.91. The number of nitrogens with zero attached hydrogens (tertiary/aromatic N) is 1. The lowest BCUT2D eigenvalue weighted by Crippen LogP contribution is -2.16. The van der Waals surface area contributed by atoms with E-state index in [1.165, 1.54) is 0 Å². The van der Waals surface area contributed by atoms with Crippen molar-refractivity contribution in [3.8, 4) is 11.5 Å². The zero-order chi connectivity index (χ0) is 13.7. The van der Waals surface area contributed by atoms with Gasteiger partial charge in [0.1, 0.15) is 0 Å². The maximum absolute atomic E-state index is 11.4. The zero-order valence-corrected chi connectivity index (χ0v) is 12.2. The van der Waals surface area contributed by atoms with Crippen molar-refractivity contribution in [2.45, 2.75) is 26.2 Å². The Morgan fingerprint density at radius 2 is 2.21 bits per heavy atom. The third-order valence-electron chi connectivity index (χ3n) is 2.64. The van der Waals surface area contributed by atoms with Gasteiger partial charge in [-0.15, -0.1) is 0 Å². The molecule has 0 spiro atoms. The summed E-state index contributed by atoms with van der Waals surface area (Å²) >= 11 is 3.42. The number of ether oxygens (including phenoxy) is 2. The minimum atomic E-state index is -0.0741. The molecule has 19 heavy (non-hydrogen) atoms. The first-order valence-electron chi connectivity index (χ1n) is 6.11. The van der Waals surface area contributed by atoms with Gasteiger partial charge < -0.3 is 9.47 Å². The van der Waals surface area contributed by atoms with Crippen LogP contribution in [-0.4, -0.2) is 18.9 Å². The second kappa shape index (κ2) is 6.56. The summed E-state index contributed by atoms with van der Waals surface area (Å²) in [6.45, 7) is 2.27. The van der Waals surface area contributed by atoms with E-state index in [1.807, 2.05) is 19.1 Å². The minimum Gasteiger partial charge on any atom is -0.454 e. The zero-order valence-electron chi connectivity index (χ0n) is 10.6. The van der Waals surface area contributed by atoms with Gasteiger partial charge in [-0.3, -0.25) is 4.79 Å². The van der Waals surface area contributed by atoms with Crippen molar-refractivity contribution in [3.63, 3.8) is 0 Å². The molecule has 0 fully saturated rings. The van der Waals surface area contributed by atoms with Gasteiger partial charge in [-0.1, -0.05) is 13.3 Å². The van der Waals surface area contributed by atoms with Gasteiger partial charge in [0.2, 0.25) is 12.7 Å². The first kappa shape index (κ1) is 13.9. The maximum atomic E-state index is 11.4. The summed E-state index contributed by atoms with van der Waals surface area (Å²) in [5, 5.41) is 3.93. The van der Waals surface area contributed by atoms with E-state index in [1.54, 1.807) is 6.21 Å². The van der Waals surface area contributed by atoms with Crippen molar-refractivity contribution in [2.75, 3.05) is 6.79 Å². The second-order valence-corrected chi connectivity index (χ2v) is 4.98. The molecule has 6 heteroatoms. The standard InChI is InChI=1S/C13H15BrN2O3/c1-2-3-4-13(17)16-15-7-9-5-11-12(6-10(9)14)19-8-18-11/h5-7H,2-4,8H2,1H3,(H,16,17)/b15-7-. The molecule has 2 rings (SSSR count). The van der Waals surface area contributed by atoms with E-state index in [0.29, 0.717) is 17.9 Å². The highest BCUT2D eigenvalue weighted by molar-refractivity contribution is 9.10. The summed E-state index contributed by atoms with van der Waals surface area (Å²) in [6.07, 6.45) is 3.94. The van der Waals surface area contributed by atoms with E-state index >= 15 is 0 Å². The summed E-state index contributed by atoms with van der Waals surface area (Å²) < 4.78 is 11.4. The van der Waals surface area contributed by atoms with Crippen molar-refractivity contribution in [3.05, 3.63) is 22.2 Å². The average molecular weight is 327 g/mol. The average Bonchev–Trinajstić information content (AvgIpc) is 2.83. The van der Waals surface area contributed by atoms with Crippen LogP contribution in [0.3, 0.4) is 0 Å². The van der Waals surface area contributed by atoms with Crippen molar-refractivity contribution >= 4 is 28.1 Å². The Labute approximate surface area is 120 Å². The van der Waals surface area contributed by atoms with E-state index < -0.39 is 0 Å². The van der Waals surface area contributed by atoms with E-state index in [0.717, 1.165) is 22.9 Å². The third kappa shape index (κ3) is 3.70. The van der Waals surface area contributed by atoms with Gasteiger partial charge in [0.05, 0.1) is 6.21 Å². The van der Waals surface area contributed by atoms with Gasteiger partial charge in [0, 0.05) is 16.5 Å². The van der Waals surface area contributed by atoms with Crippen LogP contribution < -0.4 is 14.9 Å². The summed E-state index contributed by atoms with van der Waals surface area (Å²) in [5.41, 5.74) is 3.32. The Balaban J connectivity index is 1.97. The fourth-order valence-electron chi connectivity index (χ4n) is 1.60. The molecule has 1 heterocycles. The topological polar surface area (TPSA) is 59.9 Å². The number of carbonyl (C=O) groups excluding carboxylic acids is 1. The van der Waals surface area contributed by atoms with Crippen LogP contribution in [0.15, 0.2) is 21.7 Å². The Kier molecular flexibility index (Phi) is 4.79. The van der Waals surface area contributed by atoms with Crippen LogP contribution in [-0.2, 0) is 4.79 Å². The Hall–Kier alpha value is -1.56. The van der Waals surface area contributed by atoms with Crippen molar-refractivity contribution in [1.82, 2.24) is 5.43 Å². The molecular formula is C13H15BrN2O3. The molecule has 1 aromatic carbocycles. The quantitative estimate of drug-likeness (QED) is 0.668. The number of hydrogen-bond acceptors (Lipinski definition) is 4. The highest BCUT2D eigenvalue weighted by atomic mass is 79.9. The van der Waals surface area contributed by atoms with Crippen LogP contribution in [0.1, 0.15) is 31.7 Å². The molecule has 0 unspecified atom stereocenters. The molecule has 1 aromatic rings. The van der Waals surface area contributed by atoms with Crippen molar-refractivity contribution in [1.29, 1.82) is 0 Å². The lowest BCUT2D eigenvalue weighted by atomic mass is 10.2. The Morgan fingerprint density at radius 3 is 2.95 bits per heavy atom. The molecule has 0 radical (unpaired) electrons. The Bertz CT molecular complexity index is 503. The van der Waals surface area contributed by atoms with E-state index in [4.69, 9.17) is 9.47 Å². The molecule has 1 amide bonds. The molecule has 0 atom stereocenters. The number of rotatable bonds is 5. The fraction of sp³-hybridized carbons (Fsp3) is 0.385. The molecule has 0 saturated heterocycles. The molecule has 5 nitrogen and oxygen atoms in total. The number of amides is 1. The first-order chi connectivity index (χ1) is 9.20. The molecule has 0 aliphatic carbocycles. The smallest absolute Gasteiger partial charge is 0.240 e. The normalized spacial score (nSPS) is 12.9. The highest BCUT2D eigenvalue weighted by Gasteiger charge is 2.15. The predicted octanol–water partition coefficient (Wildman–Crippen LogP) is 2.82. The molecule has 0 bridgehead atoms. The SMILES string of the molecule is CCCCC(=O)N/N=C\c1cc2c(cc1Br)OCO2. The number of halogens is 1. The maximum Gasteiger partial charge on any atom is 0.240 e. The van der Waals surface area contributed by atoms with E-state index in [9.17, 15) is 4.79 Å². The van der Waals surface area contributed by atoms with E-state index in [-0.39, 0.29) is 12.7 Å². The number of fused-ring (bicyclic) bond motifs is 1. The number of hydrogen-bond donors (Lipinski definition) is 1. The number of unbranched alkanes of at least 4 members (excludes halogenated alkanes) is 1. The van der Waals surface area contributed by atoms with Gasteiger partial charge in [-0.2, -0.15) is 5.10 Å².